The summed E-state index contributed by atoms with van der Waals surface area (Å²) in [6.45, 7) is 1.44. The first-order chi connectivity index (χ1) is 11.4. The summed E-state index contributed by atoms with van der Waals surface area (Å²) in [5.41, 5.74) is -0.177. The number of hydrogen-bond acceptors (Lipinski definition) is 6. The summed E-state index contributed by atoms with van der Waals surface area (Å²) in [5, 5.41) is 26.6. The highest BCUT2D eigenvalue weighted by molar-refractivity contribution is 6.14. The minimum atomic E-state index is -2.67. The van der Waals surface area contributed by atoms with Crippen LogP contribution in [0.2, 0.25) is 0 Å². The molecule has 0 spiro atoms. The van der Waals surface area contributed by atoms with Crippen LogP contribution in [0.5, 0.6) is 5.75 Å². The summed E-state index contributed by atoms with van der Waals surface area (Å²) >= 11 is 0. The van der Waals surface area contributed by atoms with Gasteiger partial charge in [0.25, 0.3) is 5.79 Å². The van der Waals surface area contributed by atoms with Crippen LogP contribution in [0.1, 0.15) is 6.92 Å². The number of carbonyl (C=O) groups excluding carboxylic acids is 1. The van der Waals surface area contributed by atoms with Crippen LogP contribution in [0.3, 0.4) is 0 Å². The Morgan fingerprint density at radius 2 is 1.92 bits per heavy atom. The molecule has 0 fully saturated rings. The first-order valence-corrected chi connectivity index (χ1v) is 7.45. The van der Waals surface area contributed by atoms with Gasteiger partial charge in [0.05, 0.1) is 6.61 Å². The molecule has 2 aromatic rings. The van der Waals surface area contributed by atoms with Gasteiger partial charge in [-0.15, -0.1) is 0 Å². The smallest absolute Gasteiger partial charge is 0.312 e. The molecule has 7 nitrogen and oxygen atoms in total. The number of hydrazone groups is 1. The van der Waals surface area contributed by atoms with E-state index in [0.717, 1.165) is 15.8 Å². The molecule has 24 heavy (non-hydrogen) atoms. The number of aliphatic hydroxyl groups is 2. The van der Waals surface area contributed by atoms with Gasteiger partial charge in [-0.3, -0.25) is 4.79 Å². The van der Waals surface area contributed by atoms with E-state index in [2.05, 4.69) is 5.10 Å². The summed E-state index contributed by atoms with van der Waals surface area (Å²) in [5.74, 6) is -3.07. The largest absolute Gasteiger partial charge is 0.468 e. The van der Waals surface area contributed by atoms with Gasteiger partial charge in [0.15, 0.2) is 6.23 Å². The number of amides is 1. The molecule has 1 heterocycles. The van der Waals surface area contributed by atoms with E-state index in [4.69, 9.17) is 9.47 Å². The zero-order valence-corrected chi connectivity index (χ0v) is 13.3. The molecule has 2 N–H and O–H groups in total. The van der Waals surface area contributed by atoms with Crippen molar-refractivity contribution in [2.75, 3.05) is 13.7 Å². The lowest BCUT2D eigenvalue weighted by Gasteiger charge is -2.24. The molecule has 1 amide bonds. The average Bonchev–Trinajstić information content (AvgIpc) is 2.79. The standard InChI is InChI=1S/C17H18N2O5/c1-11(19-16(20)17(21,22)15(18-19)10-23-2)24-14-9-5-7-12-6-3-4-8-13(12)14/h3-9,11,21-22H,10H2,1-2H3. The van der Waals surface area contributed by atoms with Gasteiger partial charge in [0.2, 0.25) is 0 Å². The maximum absolute atomic E-state index is 12.2. The Bertz CT molecular complexity index is 797. The van der Waals surface area contributed by atoms with Crippen LogP contribution < -0.4 is 4.74 Å². The first kappa shape index (κ1) is 16.4. The molecule has 1 aliphatic rings. The van der Waals surface area contributed by atoms with Crippen molar-refractivity contribution in [1.29, 1.82) is 0 Å². The summed E-state index contributed by atoms with van der Waals surface area (Å²) < 4.78 is 10.7. The van der Waals surface area contributed by atoms with E-state index in [-0.39, 0.29) is 12.3 Å². The molecule has 0 radical (unpaired) electrons. The van der Waals surface area contributed by atoms with Gasteiger partial charge in [-0.1, -0.05) is 36.4 Å². The van der Waals surface area contributed by atoms with Crippen molar-refractivity contribution in [3.05, 3.63) is 42.5 Å². The van der Waals surface area contributed by atoms with Gasteiger partial charge >= 0.3 is 5.91 Å². The predicted molar refractivity (Wildman–Crippen MR) is 87.4 cm³/mol. The third-order valence-electron chi connectivity index (χ3n) is 3.81. The van der Waals surface area contributed by atoms with E-state index in [1.807, 2.05) is 36.4 Å². The highest BCUT2D eigenvalue weighted by Gasteiger charge is 2.50. The van der Waals surface area contributed by atoms with Crippen LogP contribution in [-0.4, -0.2) is 52.6 Å². The minimum absolute atomic E-state index is 0.170. The number of nitrogens with zero attached hydrogens (tertiary/aromatic N) is 2. The average molecular weight is 330 g/mol. The topological polar surface area (TPSA) is 91.6 Å². The number of rotatable bonds is 5. The van der Waals surface area contributed by atoms with Crippen LogP contribution in [0.15, 0.2) is 47.6 Å². The fourth-order valence-electron chi connectivity index (χ4n) is 2.57. The second-order valence-corrected chi connectivity index (χ2v) is 5.50. The van der Waals surface area contributed by atoms with E-state index in [9.17, 15) is 15.0 Å². The number of fused-ring (bicyclic) bond motifs is 1. The number of ether oxygens (including phenoxy) is 2. The second kappa shape index (κ2) is 6.20. The van der Waals surface area contributed by atoms with Crippen molar-refractivity contribution < 1.29 is 24.5 Å². The molecule has 0 saturated carbocycles. The molecule has 0 bridgehead atoms. The molecule has 2 aromatic carbocycles. The van der Waals surface area contributed by atoms with E-state index < -0.39 is 17.9 Å². The Morgan fingerprint density at radius 1 is 1.21 bits per heavy atom. The molecule has 0 saturated heterocycles. The fourth-order valence-corrected chi connectivity index (χ4v) is 2.57. The lowest BCUT2D eigenvalue weighted by atomic mass is 10.1. The molecule has 3 rings (SSSR count). The van der Waals surface area contributed by atoms with Crippen LogP contribution in [0.4, 0.5) is 0 Å². The van der Waals surface area contributed by atoms with Gasteiger partial charge in [0.1, 0.15) is 11.5 Å². The molecule has 1 atom stereocenters. The van der Waals surface area contributed by atoms with Crippen molar-refractivity contribution in [1.82, 2.24) is 5.01 Å². The van der Waals surface area contributed by atoms with Crippen molar-refractivity contribution in [2.24, 2.45) is 5.10 Å². The third-order valence-corrected chi connectivity index (χ3v) is 3.81. The Hall–Kier alpha value is -2.48. The summed E-state index contributed by atoms with van der Waals surface area (Å²) in [4.78, 5) is 12.2. The molecule has 126 valence electrons. The lowest BCUT2D eigenvalue weighted by Crippen LogP contribution is -2.49. The quantitative estimate of drug-likeness (QED) is 0.801. The molecular formula is C17H18N2O5. The Morgan fingerprint density at radius 3 is 2.67 bits per heavy atom. The van der Waals surface area contributed by atoms with Crippen molar-refractivity contribution in [3.63, 3.8) is 0 Å². The van der Waals surface area contributed by atoms with E-state index in [1.54, 1.807) is 13.0 Å². The summed E-state index contributed by atoms with van der Waals surface area (Å²) in [6, 6.07) is 13.3. The second-order valence-electron chi connectivity index (χ2n) is 5.50. The van der Waals surface area contributed by atoms with Gasteiger partial charge in [-0.05, 0) is 18.4 Å². The van der Waals surface area contributed by atoms with Crippen LogP contribution in [0.25, 0.3) is 10.8 Å². The Labute approximate surface area is 138 Å². The minimum Gasteiger partial charge on any atom is -0.468 e. The maximum Gasteiger partial charge on any atom is 0.312 e. The highest BCUT2D eigenvalue weighted by Crippen LogP contribution is 2.28. The maximum atomic E-state index is 12.2. The number of benzene rings is 2. The SMILES string of the molecule is COCC1=NN(C(C)Oc2cccc3ccccc23)C(=O)C1(O)O. The Kier molecular flexibility index (Phi) is 4.23. The summed E-state index contributed by atoms with van der Waals surface area (Å²) in [6.07, 6.45) is -0.823. The number of carbonyl (C=O) groups is 1. The third kappa shape index (κ3) is 2.73. The van der Waals surface area contributed by atoms with Gasteiger partial charge in [-0.25, -0.2) is 0 Å². The molecule has 0 aliphatic carbocycles. The van der Waals surface area contributed by atoms with Crippen molar-refractivity contribution in [3.8, 4) is 5.75 Å². The predicted octanol–water partition coefficient (Wildman–Crippen LogP) is 1.09. The van der Waals surface area contributed by atoms with Crippen LogP contribution in [-0.2, 0) is 9.53 Å². The molecule has 0 aromatic heterocycles. The zero-order valence-electron chi connectivity index (χ0n) is 13.3. The molecule has 1 aliphatic heterocycles. The van der Waals surface area contributed by atoms with E-state index in [1.165, 1.54) is 7.11 Å². The Balaban J connectivity index is 1.87. The van der Waals surface area contributed by atoms with Gasteiger partial charge in [0, 0.05) is 12.5 Å². The van der Waals surface area contributed by atoms with Gasteiger partial charge < -0.3 is 19.7 Å². The zero-order chi connectivity index (χ0) is 17.3. The van der Waals surface area contributed by atoms with Crippen LogP contribution >= 0.6 is 0 Å². The highest BCUT2D eigenvalue weighted by atomic mass is 16.5. The lowest BCUT2D eigenvalue weighted by molar-refractivity contribution is -0.174. The van der Waals surface area contributed by atoms with Crippen LogP contribution in [0, 0.1) is 0 Å². The van der Waals surface area contributed by atoms with E-state index >= 15 is 0 Å². The monoisotopic (exact) mass is 330 g/mol. The molecule has 1 unspecified atom stereocenters. The van der Waals surface area contributed by atoms with E-state index in [0.29, 0.717) is 5.75 Å². The molecular weight excluding hydrogens is 312 g/mol. The fraction of sp³-hybridized carbons (Fsp3) is 0.294. The number of hydrogen-bond donors (Lipinski definition) is 2. The van der Waals surface area contributed by atoms with Gasteiger partial charge in [-0.2, -0.15) is 10.1 Å². The van der Waals surface area contributed by atoms with Crippen molar-refractivity contribution >= 4 is 22.4 Å². The van der Waals surface area contributed by atoms with Crippen molar-refractivity contribution in [2.45, 2.75) is 18.9 Å². The number of methoxy groups -OCH3 is 1. The normalized spacial score (nSPS) is 17.9. The summed E-state index contributed by atoms with van der Waals surface area (Å²) in [7, 11) is 1.38. The molecule has 7 heteroatoms. The first-order valence-electron chi connectivity index (χ1n) is 7.45.